The van der Waals surface area contributed by atoms with Crippen LogP contribution in [0.3, 0.4) is 0 Å². The molecule has 1 aromatic heterocycles. The lowest BCUT2D eigenvalue weighted by molar-refractivity contribution is 0.0339. The lowest BCUT2D eigenvalue weighted by atomic mass is 9.77. The predicted octanol–water partition coefficient (Wildman–Crippen LogP) is 2.69. The fourth-order valence-corrected chi connectivity index (χ4v) is 3.69. The first-order valence-electron chi connectivity index (χ1n) is 7.10. The van der Waals surface area contributed by atoms with Gasteiger partial charge in [-0.05, 0) is 37.7 Å². The summed E-state index contributed by atoms with van der Waals surface area (Å²) in [5, 5.41) is 9.55. The molecule has 5 heteroatoms. The minimum atomic E-state index is 0.00618. The molecular formula is C15H23NO3S. The minimum Gasteiger partial charge on any atom is -0.495 e. The van der Waals surface area contributed by atoms with Crippen molar-refractivity contribution in [2.45, 2.75) is 33.1 Å². The van der Waals surface area contributed by atoms with Crippen molar-refractivity contribution in [2.75, 3.05) is 26.8 Å². The highest BCUT2D eigenvalue weighted by molar-refractivity contribution is 7.14. The van der Waals surface area contributed by atoms with E-state index in [9.17, 15) is 9.90 Å². The van der Waals surface area contributed by atoms with Gasteiger partial charge in [-0.1, -0.05) is 6.92 Å². The molecule has 1 saturated heterocycles. The van der Waals surface area contributed by atoms with Crippen molar-refractivity contribution in [3.8, 4) is 5.75 Å². The molecule has 1 aliphatic heterocycles. The Balaban J connectivity index is 2.08. The zero-order valence-corrected chi connectivity index (χ0v) is 13.3. The van der Waals surface area contributed by atoms with Crippen LogP contribution < -0.4 is 4.74 Å². The van der Waals surface area contributed by atoms with Gasteiger partial charge in [-0.25, -0.2) is 0 Å². The van der Waals surface area contributed by atoms with Crippen molar-refractivity contribution in [3.05, 3.63) is 15.8 Å². The maximum Gasteiger partial charge on any atom is 0.267 e. The van der Waals surface area contributed by atoms with E-state index in [-0.39, 0.29) is 17.9 Å². The van der Waals surface area contributed by atoms with E-state index in [0.717, 1.165) is 24.1 Å². The standard InChI is InChI=1S/C15H23NO3S/c1-4-15(10-17)5-7-16(8-6-15)14(18)13-12(19-3)9-11(2)20-13/h9,17H,4-8,10H2,1-3H3. The fraction of sp³-hybridized carbons (Fsp3) is 0.667. The molecule has 112 valence electrons. The number of carbonyl (C=O) groups is 1. The molecule has 1 aromatic rings. The molecule has 2 rings (SSSR count). The third-order valence-electron chi connectivity index (χ3n) is 4.43. The summed E-state index contributed by atoms with van der Waals surface area (Å²) in [5.41, 5.74) is 0.00618. The number of rotatable bonds is 4. The Labute approximate surface area is 124 Å². The Bertz CT molecular complexity index is 469. The van der Waals surface area contributed by atoms with Gasteiger partial charge in [0.25, 0.3) is 5.91 Å². The largest absolute Gasteiger partial charge is 0.495 e. The van der Waals surface area contributed by atoms with E-state index < -0.39 is 0 Å². The molecule has 0 radical (unpaired) electrons. The maximum atomic E-state index is 12.6. The molecule has 0 unspecified atom stereocenters. The number of likely N-dealkylation sites (tertiary alicyclic amines) is 1. The molecule has 0 saturated carbocycles. The van der Waals surface area contributed by atoms with Gasteiger partial charge in [0.1, 0.15) is 10.6 Å². The molecule has 1 fully saturated rings. The van der Waals surface area contributed by atoms with Gasteiger partial charge in [-0.2, -0.15) is 0 Å². The van der Waals surface area contributed by atoms with Gasteiger partial charge < -0.3 is 14.7 Å². The summed E-state index contributed by atoms with van der Waals surface area (Å²) < 4.78 is 5.28. The molecule has 0 aliphatic carbocycles. The number of hydrogen-bond acceptors (Lipinski definition) is 4. The van der Waals surface area contributed by atoms with Gasteiger partial charge in [-0.15, -0.1) is 11.3 Å². The van der Waals surface area contributed by atoms with Crippen molar-refractivity contribution < 1.29 is 14.6 Å². The summed E-state index contributed by atoms with van der Waals surface area (Å²) in [6.45, 7) is 5.74. The molecule has 1 amide bonds. The Kier molecular flexibility index (Phi) is 4.70. The van der Waals surface area contributed by atoms with E-state index in [0.29, 0.717) is 23.7 Å². The zero-order chi connectivity index (χ0) is 14.8. The number of aliphatic hydroxyl groups excluding tert-OH is 1. The van der Waals surface area contributed by atoms with Crippen molar-refractivity contribution in [1.82, 2.24) is 4.90 Å². The van der Waals surface area contributed by atoms with Crippen LogP contribution in [-0.4, -0.2) is 42.7 Å². The van der Waals surface area contributed by atoms with Crippen molar-refractivity contribution >= 4 is 17.2 Å². The number of aliphatic hydroxyl groups is 1. The third-order valence-corrected chi connectivity index (χ3v) is 5.45. The third kappa shape index (κ3) is 2.83. The monoisotopic (exact) mass is 297 g/mol. The number of methoxy groups -OCH3 is 1. The van der Waals surface area contributed by atoms with E-state index in [2.05, 4.69) is 6.92 Å². The smallest absolute Gasteiger partial charge is 0.267 e. The number of piperidine rings is 1. The Hall–Kier alpha value is -1.07. The van der Waals surface area contributed by atoms with Crippen LogP contribution >= 0.6 is 11.3 Å². The van der Waals surface area contributed by atoms with Crippen LogP contribution in [0.25, 0.3) is 0 Å². The van der Waals surface area contributed by atoms with Gasteiger partial charge in [0.05, 0.1) is 7.11 Å². The Morgan fingerprint density at radius 3 is 2.65 bits per heavy atom. The number of hydrogen-bond donors (Lipinski definition) is 1. The first-order valence-corrected chi connectivity index (χ1v) is 7.91. The number of amides is 1. The summed E-state index contributed by atoms with van der Waals surface area (Å²) in [7, 11) is 1.60. The molecule has 0 aromatic carbocycles. The number of nitrogens with zero attached hydrogens (tertiary/aromatic N) is 1. The van der Waals surface area contributed by atoms with E-state index in [4.69, 9.17) is 4.74 Å². The van der Waals surface area contributed by atoms with Crippen molar-refractivity contribution in [2.24, 2.45) is 5.41 Å². The highest BCUT2D eigenvalue weighted by atomic mass is 32.1. The first-order chi connectivity index (χ1) is 9.55. The molecule has 0 bridgehead atoms. The quantitative estimate of drug-likeness (QED) is 0.929. The molecule has 0 spiro atoms. The minimum absolute atomic E-state index is 0.00618. The summed E-state index contributed by atoms with van der Waals surface area (Å²) in [4.78, 5) is 16.2. The van der Waals surface area contributed by atoms with Gasteiger partial charge in [0.2, 0.25) is 0 Å². The van der Waals surface area contributed by atoms with Crippen LogP contribution in [0.2, 0.25) is 0 Å². The summed E-state index contributed by atoms with van der Waals surface area (Å²) >= 11 is 1.49. The average molecular weight is 297 g/mol. The molecular weight excluding hydrogens is 274 g/mol. The van der Waals surface area contributed by atoms with Crippen LogP contribution in [0.15, 0.2) is 6.07 Å². The Morgan fingerprint density at radius 1 is 1.50 bits per heavy atom. The maximum absolute atomic E-state index is 12.6. The van der Waals surface area contributed by atoms with Crippen molar-refractivity contribution in [1.29, 1.82) is 0 Å². The summed E-state index contributed by atoms with van der Waals surface area (Å²) in [6, 6.07) is 1.91. The summed E-state index contributed by atoms with van der Waals surface area (Å²) in [6.07, 6.45) is 2.71. The van der Waals surface area contributed by atoms with Crippen LogP contribution in [0.5, 0.6) is 5.75 Å². The molecule has 0 atom stereocenters. The molecule has 2 heterocycles. The highest BCUT2D eigenvalue weighted by Gasteiger charge is 2.35. The number of thiophene rings is 1. The van der Waals surface area contributed by atoms with Gasteiger partial charge >= 0.3 is 0 Å². The van der Waals surface area contributed by atoms with E-state index in [1.807, 2.05) is 17.9 Å². The summed E-state index contributed by atoms with van der Waals surface area (Å²) in [5.74, 6) is 0.731. The van der Waals surface area contributed by atoms with Crippen LogP contribution in [0.4, 0.5) is 0 Å². The fourth-order valence-electron chi connectivity index (χ4n) is 2.74. The Morgan fingerprint density at radius 2 is 2.15 bits per heavy atom. The van der Waals surface area contributed by atoms with Gasteiger partial charge in [0, 0.05) is 24.6 Å². The second-order valence-corrected chi connectivity index (χ2v) is 6.81. The molecule has 20 heavy (non-hydrogen) atoms. The number of aryl methyl sites for hydroxylation is 1. The van der Waals surface area contributed by atoms with E-state index >= 15 is 0 Å². The molecule has 1 aliphatic rings. The van der Waals surface area contributed by atoms with Gasteiger partial charge in [-0.3, -0.25) is 4.79 Å². The number of ether oxygens (including phenoxy) is 1. The number of carbonyl (C=O) groups excluding carboxylic acids is 1. The molecule has 4 nitrogen and oxygen atoms in total. The first kappa shape index (κ1) is 15.3. The average Bonchev–Trinajstić information content (AvgIpc) is 2.87. The van der Waals surface area contributed by atoms with Crippen LogP contribution in [-0.2, 0) is 0 Å². The second-order valence-electron chi connectivity index (χ2n) is 5.56. The predicted molar refractivity (Wildman–Crippen MR) is 80.6 cm³/mol. The normalized spacial score (nSPS) is 18.1. The van der Waals surface area contributed by atoms with E-state index in [1.165, 1.54) is 11.3 Å². The SMILES string of the molecule is CCC1(CO)CCN(C(=O)c2sc(C)cc2OC)CC1. The topological polar surface area (TPSA) is 49.8 Å². The van der Waals surface area contributed by atoms with Gasteiger partial charge in [0.15, 0.2) is 0 Å². The van der Waals surface area contributed by atoms with Crippen LogP contribution in [0, 0.1) is 12.3 Å². The highest BCUT2D eigenvalue weighted by Crippen LogP contribution is 2.36. The van der Waals surface area contributed by atoms with Crippen LogP contribution in [0.1, 0.15) is 40.7 Å². The second kappa shape index (κ2) is 6.14. The van der Waals surface area contributed by atoms with E-state index in [1.54, 1.807) is 7.11 Å². The van der Waals surface area contributed by atoms with Crippen molar-refractivity contribution in [3.63, 3.8) is 0 Å². The lowest BCUT2D eigenvalue weighted by Gasteiger charge is -2.40. The lowest BCUT2D eigenvalue weighted by Crippen LogP contribution is -2.44. The molecule has 1 N–H and O–H groups in total. The zero-order valence-electron chi connectivity index (χ0n) is 12.4.